The van der Waals surface area contributed by atoms with E-state index in [0.717, 1.165) is 21.4 Å². The van der Waals surface area contributed by atoms with E-state index in [1.807, 2.05) is 12.1 Å². The highest BCUT2D eigenvalue weighted by Gasteiger charge is 2.68. The zero-order valence-electron chi connectivity index (χ0n) is 27.1. The number of fused-ring (bicyclic) bond motifs is 4. The van der Waals surface area contributed by atoms with Gasteiger partial charge < -0.3 is 5.11 Å². The molecular formula is C40H29Cl2FN2O6. The third-order valence-electron chi connectivity index (χ3n) is 11.2. The molecular weight excluding hydrogens is 694 g/mol. The normalized spacial score (nSPS) is 26.9. The maximum Gasteiger partial charge on any atom is 0.241 e. The van der Waals surface area contributed by atoms with E-state index >= 15 is 0 Å². The number of anilines is 2. The number of benzene rings is 4. The Kier molecular flexibility index (Phi) is 7.77. The van der Waals surface area contributed by atoms with Crippen molar-refractivity contribution >= 4 is 64.0 Å². The molecule has 8 nitrogen and oxygen atoms in total. The van der Waals surface area contributed by atoms with E-state index in [-0.39, 0.29) is 46.0 Å². The van der Waals surface area contributed by atoms with E-state index in [1.165, 1.54) is 24.3 Å². The highest BCUT2D eigenvalue weighted by atomic mass is 35.5. The molecule has 51 heavy (non-hydrogen) atoms. The Bertz CT molecular complexity index is 2220. The summed E-state index contributed by atoms with van der Waals surface area (Å²) in [6.45, 7) is 1.70. The minimum Gasteiger partial charge on any atom is -0.508 e. The molecule has 0 bridgehead atoms. The number of carbonyl (C=O) groups is 5. The number of allylic oxidation sites excluding steroid dienone is 2. The van der Waals surface area contributed by atoms with Crippen LogP contribution in [0.2, 0.25) is 10.0 Å². The molecule has 2 aliphatic carbocycles. The van der Waals surface area contributed by atoms with Gasteiger partial charge in [0.25, 0.3) is 0 Å². The smallest absolute Gasteiger partial charge is 0.241 e. The molecule has 8 rings (SSSR count). The first-order valence-corrected chi connectivity index (χ1v) is 17.3. The molecule has 4 aromatic carbocycles. The molecule has 2 saturated heterocycles. The summed E-state index contributed by atoms with van der Waals surface area (Å²) in [6, 6.07) is 23.2. The average molecular weight is 724 g/mol. The van der Waals surface area contributed by atoms with Gasteiger partial charge in [-0.25, -0.2) is 9.29 Å². The Morgan fingerprint density at radius 3 is 2.16 bits per heavy atom. The van der Waals surface area contributed by atoms with Gasteiger partial charge in [-0.3, -0.25) is 28.9 Å². The zero-order chi connectivity index (χ0) is 35.9. The molecule has 4 aromatic rings. The monoisotopic (exact) mass is 722 g/mol. The maximum atomic E-state index is 14.5. The van der Waals surface area contributed by atoms with Crippen LogP contribution in [0.3, 0.4) is 0 Å². The van der Waals surface area contributed by atoms with Gasteiger partial charge in [0, 0.05) is 22.1 Å². The first-order valence-electron chi connectivity index (χ1n) is 16.5. The standard InChI is InChI=1S/C40H29Cl2FN2O6/c1-40-29(37(49)45(39(40)51)23-11-16-32(43)31(42)17-23)19-28-25(34(40)26-13-12-24(46)18-30(26)41)14-15-27-33(28)38(50)44(36(27)48)22-9-7-21(8-10-22)35(47)20-5-3-2-4-6-20/h2-14,16-18,27-29,33-34,46H,15,19H2,1H3/t27-,28+,29-,33-,34+,40+/m0/s1. The van der Waals surface area contributed by atoms with Gasteiger partial charge >= 0.3 is 0 Å². The molecule has 11 heteroatoms. The van der Waals surface area contributed by atoms with Gasteiger partial charge in [0.2, 0.25) is 23.6 Å². The SMILES string of the molecule is C[C@@]12C(=O)N(c3ccc(F)c(Cl)c3)C(=O)[C@@H]1C[C@@H]1C(=CC[C@@H]3C(=O)N(c4ccc(C(=O)c5ccccc5)cc4)C(=O)[C@@H]31)[C@@H]2c1ccc(O)cc1Cl. The molecule has 1 saturated carbocycles. The Labute approximate surface area is 302 Å². The van der Waals surface area contributed by atoms with Crippen molar-refractivity contribution in [2.45, 2.75) is 25.7 Å². The third-order valence-corrected chi connectivity index (χ3v) is 11.8. The number of rotatable bonds is 5. The molecule has 6 atom stereocenters. The van der Waals surface area contributed by atoms with E-state index in [9.17, 15) is 33.5 Å². The van der Waals surface area contributed by atoms with Crippen molar-refractivity contribution in [3.05, 3.63) is 135 Å². The second-order valence-corrected chi connectivity index (χ2v) is 14.5. The number of phenolic OH excluding ortho intramolecular Hbond substituents is 1. The first kappa shape index (κ1) is 33.0. The minimum atomic E-state index is -1.39. The topological polar surface area (TPSA) is 112 Å². The molecule has 0 unspecified atom stereocenters. The van der Waals surface area contributed by atoms with Crippen molar-refractivity contribution in [1.29, 1.82) is 0 Å². The van der Waals surface area contributed by atoms with Crippen molar-refractivity contribution in [1.82, 2.24) is 0 Å². The van der Waals surface area contributed by atoms with Crippen LogP contribution in [0.1, 0.15) is 47.2 Å². The summed E-state index contributed by atoms with van der Waals surface area (Å²) in [6.07, 6.45) is 2.21. The van der Waals surface area contributed by atoms with Gasteiger partial charge in [-0.15, -0.1) is 0 Å². The summed E-state index contributed by atoms with van der Waals surface area (Å²) in [5.41, 5.74) is 1.18. The highest BCUT2D eigenvalue weighted by molar-refractivity contribution is 6.32. The first-order chi connectivity index (χ1) is 24.4. The lowest BCUT2D eigenvalue weighted by atomic mass is 9.51. The van der Waals surface area contributed by atoms with Crippen molar-refractivity contribution in [3.63, 3.8) is 0 Å². The fraction of sp³-hybridized carbons (Fsp3) is 0.225. The lowest BCUT2D eigenvalue weighted by Crippen LogP contribution is -2.49. The summed E-state index contributed by atoms with van der Waals surface area (Å²) in [5.74, 6) is -6.74. The largest absolute Gasteiger partial charge is 0.508 e. The summed E-state index contributed by atoms with van der Waals surface area (Å²) in [7, 11) is 0. The summed E-state index contributed by atoms with van der Waals surface area (Å²) in [5, 5.41) is 10.1. The molecule has 2 aliphatic heterocycles. The van der Waals surface area contributed by atoms with E-state index in [1.54, 1.807) is 61.5 Å². The van der Waals surface area contributed by atoms with Crippen LogP contribution in [-0.2, 0) is 19.2 Å². The molecule has 1 N–H and O–H groups in total. The van der Waals surface area contributed by atoms with Crippen LogP contribution in [-0.4, -0.2) is 34.5 Å². The van der Waals surface area contributed by atoms with Crippen molar-refractivity contribution in [2.75, 3.05) is 9.80 Å². The van der Waals surface area contributed by atoms with Crippen molar-refractivity contribution in [2.24, 2.45) is 29.1 Å². The summed E-state index contributed by atoms with van der Waals surface area (Å²) in [4.78, 5) is 72.5. The predicted molar refractivity (Wildman–Crippen MR) is 188 cm³/mol. The number of phenols is 1. The number of hydrogen-bond donors (Lipinski definition) is 1. The van der Waals surface area contributed by atoms with Crippen molar-refractivity contribution in [3.8, 4) is 5.75 Å². The number of halogens is 3. The molecule has 0 spiro atoms. The number of imide groups is 2. The van der Waals surface area contributed by atoms with Crippen molar-refractivity contribution < 1.29 is 33.5 Å². The van der Waals surface area contributed by atoms with Gasteiger partial charge in [-0.2, -0.15) is 0 Å². The number of amides is 4. The highest BCUT2D eigenvalue weighted by Crippen LogP contribution is 2.64. The average Bonchev–Trinajstić information content (AvgIpc) is 3.49. The Morgan fingerprint density at radius 2 is 1.47 bits per heavy atom. The van der Waals surface area contributed by atoms with Crippen LogP contribution in [0.4, 0.5) is 15.8 Å². The van der Waals surface area contributed by atoms with Gasteiger partial charge in [0.15, 0.2) is 5.78 Å². The Hall–Kier alpha value is -5.12. The minimum absolute atomic E-state index is 0.0874. The van der Waals surface area contributed by atoms with E-state index < -0.39 is 58.5 Å². The van der Waals surface area contributed by atoms with E-state index in [0.29, 0.717) is 22.4 Å². The molecule has 4 amide bonds. The summed E-state index contributed by atoms with van der Waals surface area (Å²) < 4.78 is 14.1. The van der Waals surface area contributed by atoms with E-state index in [4.69, 9.17) is 23.2 Å². The number of aromatic hydroxyl groups is 1. The van der Waals surface area contributed by atoms with Crippen LogP contribution in [0.5, 0.6) is 5.75 Å². The maximum absolute atomic E-state index is 14.5. The number of ketones is 1. The molecule has 0 radical (unpaired) electrons. The number of hydrogen-bond acceptors (Lipinski definition) is 6. The Balaban J connectivity index is 1.19. The van der Waals surface area contributed by atoms with E-state index in [2.05, 4.69) is 0 Å². The second-order valence-electron chi connectivity index (χ2n) is 13.7. The van der Waals surface area contributed by atoms with Gasteiger partial charge in [-0.05, 0) is 85.8 Å². The van der Waals surface area contributed by atoms with Crippen LogP contribution in [0, 0.1) is 34.9 Å². The Morgan fingerprint density at radius 1 is 0.784 bits per heavy atom. The molecule has 0 aromatic heterocycles. The van der Waals surface area contributed by atoms with Gasteiger partial charge in [-0.1, -0.05) is 71.2 Å². The molecule has 3 fully saturated rings. The lowest BCUT2D eigenvalue weighted by Gasteiger charge is -2.49. The predicted octanol–water partition coefficient (Wildman–Crippen LogP) is 7.50. The lowest BCUT2D eigenvalue weighted by molar-refractivity contribution is -0.131. The van der Waals surface area contributed by atoms with Gasteiger partial charge in [0.05, 0.1) is 39.6 Å². The van der Waals surface area contributed by atoms with Crippen LogP contribution >= 0.6 is 23.2 Å². The molecule has 2 heterocycles. The second kappa shape index (κ2) is 12.0. The zero-order valence-corrected chi connectivity index (χ0v) is 28.6. The third kappa shape index (κ3) is 4.89. The quantitative estimate of drug-likeness (QED) is 0.130. The van der Waals surface area contributed by atoms with Crippen LogP contribution < -0.4 is 9.80 Å². The number of nitrogens with zero attached hydrogens (tertiary/aromatic N) is 2. The fourth-order valence-corrected chi connectivity index (χ4v) is 9.21. The van der Waals surface area contributed by atoms with Crippen LogP contribution in [0.25, 0.3) is 0 Å². The fourth-order valence-electron chi connectivity index (χ4n) is 8.75. The summed E-state index contributed by atoms with van der Waals surface area (Å²) >= 11 is 12.8. The van der Waals surface area contributed by atoms with Crippen LogP contribution in [0.15, 0.2) is 103 Å². The molecule has 256 valence electrons. The van der Waals surface area contributed by atoms with Gasteiger partial charge in [0.1, 0.15) is 11.6 Å². The molecule has 4 aliphatic rings. The number of carbonyl (C=O) groups excluding carboxylic acids is 5.